The summed E-state index contributed by atoms with van der Waals surface area (Å²) < 4.78 is 0. The van der Waals surface area contributed by atoms with Crippen LogP contribution in [0.15, 0.2) is 36.4 Å². The maximum atomic E-state index is 10.7. The van der Waals surface area contributed by atoms with Gasteiger partial charge >= 0.3 is 5.97 Å². The molecule has 17 heavy (non-hydrogen) atoms. The topological polar surface area (TPSA) is 76.2 Å². The first-order chi connectivity index (χ1) is 8.09. The zero-order valence-electron chi connectivity index (χ0n) is 9.34. The predicted molar refractivity (Wildman–Crippen MR) is 65.8 cm³/mol. The fourth-order valence-electron chi connectivity index (χ4n) is 1.70. The van der Waals surface area contributed by atoms with E-state index in [1.54, 1.807) is 6.07 Å². The van der Waals surface area contributed by atoms with Gasteiger partial charge in [-0.25, -0.2) is 9.78 Å². The van der Waals surface area contributed by atoms with Crippen molar-refractivity contribution in [3.8, 4) is 11.1 Å². The smallest absolute Gasteiger partial charge is 0.354 e. The first-order valence-electron chi connectivity index (χ1n) is 5.15. The van der Waals surface area contributed by atoms with E-state index in [1.807, 2.05) is 31.2 Å². The summed E-state index contributed by atoms with van der Waals surface area (Å²) in [7, 11) is 0. The van der Waals surface area contributed by atoms with Crippen molar-refractivity contribution in [1.29, 1.82) is 0 Å². The van der Waals surface area contributed by atoms with Crippen LogP contribution in [0.5, 0.6) is 0 Å². The number of aromatic carboxylic acids is 1. The van der Waals surface area contributed by atoms with E-state index in [-0.39, 0.29) is 11.5 Å². The molecule has 1 aromatic carbocycles. The van der Waals surface area contributed by atoms with Gasteiger partial charge in [-0.15, -0.1) is 0 Å². The largest absolute Gasteiger partial charge is 0.477 e. The van der Waals surface area contributed by atoms with Gasteiger partial charge in [0, 0.05) is 5.56 Å². The summed E-state index contributed by atoms with van der Waals surface area (Å²) in [6.07, 6.45) is 0. The number of benzene rings is 1. The number of rotatable bonds is 2. The number of carboxylic acid groups (broad SMARTS) is 1. The molecule has 0 fully saturated rings. The molecule has 0 saturated carbocycles. The molecule has 1 aromatic heterocycles. The number of anilines is 1. The molecule has 0 aliphatic carbocycles. The Kier molecular flexibility index (Phi) is 2.78. The van der Waals surface area contributed by atoms with Gasteiger partial charge in [0.2, 0.25) is 0 Å². The Bertz CT molecular complexity index is 579. The van der Waals surface area contributed by atoms with Gasteiger partial charge < -0.3 is 10.8 Å². The van der Waals surface area contributed by atoms with E-state index >= 15 is 0 Å². The third-order valence-electron chi connectivity index (χ3n) is 2.58. The van der Waals surface area contributed by atoms with Crippen molar-refractivity contribution in [2.75, 3.05) is 5.73 Å². The van der Waals surface area contributed by atoms with Crippen molar-refractivity contribution in [2.45, 2.75) is 6.92 Å². The standard InChI is InChI=1S/C13H12N2O2/c1-8-4-2-3-5-9(8)10-6-7-11(13(16)17)15-12(10)14/h2-7H,1H3,(H2,14,15)(H,16,17). The second-order valence-electron chi connectivity index (χ2n) is 3.75. The van der Waals surface area contributed by atoms with Gasteiger partial charge in [0.15, 0.2) is 5.69 Å². The molecule has 3 N–H and O–H groups in total. The molecule has 0 atom stereocenters. The normalized spacial score (nSPS) is 10.2. The van der Waals surface area contributed by atoms with Gasteiger partial charge in [0.05, 0.1) is 0 Å². The highest BCUT2D eigenvalue weighted by Crippen LogP contribution is 2.27. The number of hydrogen-bond acceptors (Lipinski definition) is 3. The maximum absolute atomic E-state index is 10.7. The molecule has 0 saturated heterocycles. The third-order valence-corrected chi connectivity index (χ3v) is 2.58. The summed E-state index contributed by atoms with van der Waals surface area (Å²) in [5.74, 6) is -0.841. The molecular weight excluding hydrogens is 216 g/mol. The minimum atomic E-state index is -1.08. The van der Waals surface area contributed by atoms with Crippen LogP contribution < -0.4 is 5.73 Å². The second-order valence-corrected chi connectivity index (χ2v) is 3.75. The Morgan fingerprint density at radius 1 is 1.18 bits per heavy atom. The number of carboxylic acids is 1. The van der Waals surface area contributed by atoms with Crippen molar-refractivity contribution in [3.63, 3.8) is 0 Å². The monoisotopic (exact) mass is 228 g/mol. The first-order valence-corrected chi connectivity index (χ1v) is 5.15. The van der Waals surface area contributed by atoms with Crippen LogP contribution in [0.2, 0.25) is 0 Å². The highest BCUT2D eigenvalue weighted by molar-refractivity contribution is 5.87. The minimum absolute atomic E-state index is 0.0418. The summed E-state index contributed by atoms with van der Waals surface area (Å²) in [6, 6.07) is 10.9. The molecule has 0 aliphatic rings. The van der Waals surface area contributed by atoms with Crippen molar-refractivity contribution < 1.29 is 9.90 Å². The minimum Gasteiger partial charge on any atom is -0.477 e. The first kappa shape index (κ1) is 11.1. The second kappa shape index (κ2) is 4.25. The SMILES string of the molecule is Cc1ccccc1-c1ccc(C(=O)O)nc1N. The Hall–Kier alpha value is -2.36. The predicted octanol–water partition coefficient (Wildman–Crippen LogP) is 2.34. The van der Waals surface area contributed by atoms with E-state index in [0.29, 0.717) is 0 Å². The lowest BCUT2D eigenvalue weighted by atomic mass is 10.0. The van der Waals surface area contributed by atoms with Gasteiger partial charge in [-0.1, -0.05) is 24.3 Å². The number of aromatic nitrogens is 1. The van der Waals surface area contributed by atoms with Crippen LogP contribution in [0.3, 0.4) is 0 Å². The third kappa shape index (κ3) is 2.10. The van der Waals surface area contributed by atoms with Gasteiger partial charge in [0.1, 0.15) is 5.82 Å². The van der Waals surface area contributed by atoms with Gasteiger partial charge in [0.25, 0.3) is 0 Å². The molecular formula is C13H12N2O2. The summed E-state index contributed by atoms with van der Waals surface area (Å²) in [4.78, 5) is 14.6. The van der Waals surface area contributed by atoms with E-state index in [9.17, 15) is 4.79 Å². The van der Waals surface area contributed by atoms with Crippen LogP contribution in [0.4, 0.5) is 5.82 Å². The Morgan fingerprint density at radius 3 is 2.47 bits per heavy atom. The molecule has 4 heteroatoms. The molecule has 0 bridgehead atoms. The van der Waals surface area contributed by atoms with Crippen molar-refractivity contribution in [2.24, 2.45) is 0 Å². The maximum Gasteiger partial charge on any atom is 0.354 e. The fourth-order valence-corrected chi connectivity index (χ4v) is 1.70. The Labute approximate surface area is 98.7 Å². The zero-order valence-corrected chi connectivity index (χ0v) is 9.34. The van der Waals surface area contributed by atoms with E-state index in [4.69, 9.17) is 10.8 Å². The number of nitrogens with two attached hydrogens (primary N) is 1. The Morgan fingerprint density at radius 2 is 1.88 bits per heavy atom. The van der Waals surface area contributed by atoms with Crippen molar-refractivity contribution in [3.05, 3.63) is 47.7 Å². The number of pyridine rings is 1. The van der Waals surface area contributed by atoms with Crippen molar-refractivity contribution in [1.82, 2.24) is 4.98 Å². The number of nitrogen functional groups attached to an aromatic ring is 1. The molecule has 0 unspecified atom stereocenters. The lowest BCUT2D eigenvalue weighted by Gasteiger charge is -2.08. The molecule has 4 nitrogen and oxygen atoms in total. The zero-order chi connectivity index (χ0) is 12.4. The van der Waals surface area contributed by atoms with Crippen LogP contribution in [0, 0.1) is 6.92 Å². The number of carbonyl (C=O) groups is 1. The van der Waals surface area contributed by atoms with Crippen LogP contribution >= 0.6 is 0 Å². The molecule has 0 radical (unpaired) electrons. The number of hydrogen-bond donors (Lipinski definition) is 2. The Balaban J connectivity index is 2.55. The molecule has 1 heterocycles. The molecule has 0 aliphatic heterocycles. The molecule has 0 amide bonds. The van der Waals surface area contributed by atoms with E-state index < -0.39 is 5.97 Å². The molecule has 86 valence electrons. The van der Waals surface area contributed by atoms with Crippen LogP contribution in [-0.2, 0) is 0 Å². The summed E-state index contributed by atoms with van der Waals surface area (Å²) in [5.41, 5.74) is 8.54. The quantitative estimate of drug-likeness (QED) is 0.827. The summed E-state index contributed by atoms with van der Waals surface area (Å²) in [5, 5.41) is 8.81. The molecule has 0 spiro atoms. The summed E-state index contributed by atoms with van der Waals surface area (Å²) >= 11 is 0. The molecule has 2 aromatic rings. The van der Waals surface area contributed by atoms with Gasteiger partial charge in [-0.3, -0.25) is 0 Å². The number of nitrogens with zero attached hydrogens (tertiary/aromatic N) is 1. The number of aryl methyl sites for hydroxylation is 1. The van der Waals surface area contributed by atoms with E-state index in [0.717, 1.165) is 16.7 Å². The molecule has 2 rings (SSSR count). The average Bonchev–Trinajstić information content (AvgIpc) is 2.30. The highest BCUT2D eigenvalue weighted by Gasteiger charge is 2.10. The highest BCUT2D eigenvalue weighted by atomic mass is 16.4. The summed E-state index contributed by atoms with van der Waals surface area (Å²) in [6.45, 7) is 1.97. The van der Waals surface area contributed by atoms with Crippen molar-refractivity contribution >= 4 is 11.8 Å². The van der Waals surface area contributed by atoms with E-state index in [1.165, 1.54) is 6.07 Å². The lowest BCUT2D eigenvalue weighted by Crippen LogP contribution is -2.04. The van der Waals surface area contributed by atoms with Gasteiger partial charge in [-0.05, 0) is 30.2 Å². The fraction of sp³-hybridized carbons (Fsp3) is 0.0769. The van der Waals surface area contributed by atoms with E-state index in [2.05, 4.69) is 4.98 Å². The van der Waals surface area contributed by atoms with Crippen LogP contribution in [-0.4, -0.2) is 16.1 Å². The van der Waals surface area contributed by atoms with Crippen LogP contribution in [0.1, 0.15) is 16.1 Å². The van der Waals surface area contributed by atoms with Gasteiger partial charge in [-0.2, -0.15) is 0 Å². The average molecular weight is 228 g/mol. The van der Waals surface area contributed by atoms with Crippen LogP contribution in [0.25, 0.3) is 11.1 Å². The lowest BCUT2D eigenvalue weighted by molar-refractivity contribution is 0.0690.